The molecule has 1 aliphatic rings. The van der Waals surface area contributed by atoms with Gasteiger partial charge in [0.05, 0.1) is 12.3 Å². The van der Waals surface area contributed by atoms with Gasteiger partial charge in [0, 0.05) is 6.61 Å². The molecule has 0 saturated carbocycles. The van der Waals surface area contributed by atoms with Gasteiger partial charge < -0.3 is 14.7 Å². The van der Waals surface area contributed by atoms with Crippen molar-refractivity contribution < 1.29 is 28.6 Å². The molecule has 1 heterocycles. The fourth-order valence-electron chi connectivity index (χ4n) is 2.78. The molecule has 0 aliphatic carbocycles. The van der Waals surface area contributed by atoms with Crippen LogP contribution in [0.3, 0.4) is 0 Å². The van der Waals surface area contributed by atoms with Crippen molar-refractivity contribution in [3.63, 3.8) is 0 Å². The zero-order chi connectivity index (χ0) is 16.9. The first-order chi connectivity index (χ1) is 10.9. The highest BCUT2D eigenvalue weighted by molar-refractivity contribution is 7.52. The Bertz CT molecular complexity index is 555. The highest BCUT2D eigenvalue weighted by atomic mass is 31.2. The van der Waals surface area contributed by atoms with Crippen molar-refractivity contribution >= 4 is 13.6 Å². The van der Waals surface area contributed by atoms with Gasteiger partial charge in [-0.15, -0.1) is 0 Å². The zero-order valence-electron chi connectivity index (χ0n) is 13.1. The first kappa shape index (κ1) is 18.1. The topological polar surface area (TPSA) is 93.1 Å². The fraction of sp³-hybridized carbons (Fsp3) is 0.562. The molecule has 4 atom stereocenters. The molecule has 1 aromatic carbocycles. The Hall–Kier alpha value is -1.20. The minimum absolute atomic E-state index is 0.00680. The van der Waals surface area contributed by atoms with Crippen LogP contribution in [0.4, 0.5) is 0 Å². The lowest BCUT2D eigenvalue weighted by molar-refractivity contribution is -0.146. The average Bonchev–Trinajstić information content (AvgIpc) is 3.01. The van der Waals surface area contributed by atoms with Crippen LogP contribution in [0.15, 0.2) is 30.3 Å². The van der Waals surface area contributed by atoms with Crippen molar-refractivity contribution in [1.29, 1.82) is 0 Å². The summed E-state index contributed by atoms with van der Waals surface area (Å²) < 4.78 is 22.9. The predicted octanol–water partition coefficient (Wildman–Crippen LogP) is 3.05. The van der Waals surface area contributed by atoms with Crippen LogP contribution in [0.5, 0.6) is 0 Å². The molecule has 4 unspecified atom stereocenters. The third-order valence-corrected chi connectivity index (χ3v) is 5.33. The number of carboxylic acids is 1. The molecule has 0 bridgehead atoms. The van der Waals surface area contributed by atoms with Gasteiger partial charge in [-0.05, 0) is 30.7 Å². The molecule has 0 aromatic heterocycles. The quantitative estimate of drug-likeness (QED) is 0.705. The molecule has 1 saturated heterocycles. The van der Waals surface area contributed by atoms with Gasteiger partial charge in [-0.1, -0.05) is 37.3 Å². The second kappa shape index (κ2) is 8.06. The van der Waals surface area contributed by atoms with Crippen molar-refractivity contribution in [2.24, 2.45) is 5.92 Å². The molecular formula is C16H23O6P. The Labute approximate surface area is 136 Å². The number of carbonyl (C=O) groups is 1. The Morgan fingerprint density at radius 2 is 2.13 bits per heavy atom. The van der Waals surface area contributed by atoms with E-state index in [-0.39, 0.29) is 24.6 Å². The van der Waals surface area contributed by atoms with Gasteiger partial charge in [-0.25, -0.2) is 4.79 Å². The number of hydrogen-bond acceptors (Lipinski definition) is 4. The number of ether oxygens (including phenoxy) is 1. The van der Waals surface area contributed by atoms with E-state index in [1.54, 1.807) is 30.3 Å². The highest BCUT2D eigenvalue weighted by Gasteiger charge is 2.33. The van der Waals surface area contributed by atoms with Crippen LogP contribution in [0, 0.1) is 5.92 Å². The number of aliphatic carboxylic acids is 1. The lowest BCUT2D eigenvalue weighted by Crippen LogP contribution is -2.29. The van der Waals surface area contributed by atoms with Crippen LogP contribution in [-0.2, 0) is 24.8 Å². The van der Waals surface area contributed by atoms with E-state index in [0.717, 1.165) is 12.8 Å². The Morgan fingerprint density at radius 1 is 1.43 bits per heavy atom. The number of carboxylic acid groups (broad SMARTS) is 1. The summed E-state index contributed by atoms with van der Waals surface area (Å²) in [7, 11) is -4.03. The van der Waals surface area contributed by atoms with Crippen LogP contribution in [0.1, 0.15) is 31.7 Å². The van der Waals surface area contributed by atoms with Crippen molar-refractivity contribution in [2.75, 3.05) is 6.61 Å². The largest absolute Gasteiger partial charge is 0.479 e. The summed E-state index contributed by atoms with van der Waals surface area (Å²) in [5.74, 6) is -1.27. The average molecular weight is 342 g/mol. The fourth-order valence-corrected chi connectivity index (χ4v) is 4.10. The monoisotopic (exact) mass is 342 g/mol. The summed E-state index contributed by atoms with van der Waals surface area (Å²) in [6.45, 7) is 2.56. The van der Waals surface area contributed by atoms with Crippen LogP contribution in [0.2, 0.25) is 0 Å². The second-order valence-electron chi connectivity index (χ2n) is 5.98. The van der Waals surface area contributed by atoms with E-state index >= 15 is 0 Å². The Kier molecular flexibility index (Phi) is 6.36. The molecule has 23 heavy (non-hydrogen) atoms. The number of hydrogen-bond donors (Lipinski definition) is 2. The smallest absolute Gasteiger partial charge is 0.333 e. The first-order valence-electron chi connectivity index (χ1n) is 7.76. The summed E-state index contributed by atoms with van der Waals surface area (Å²) >= 11 is 0. The summed E-state index contributed by atoms with van der Waals surface area (Å²) in [6.07, 6.45) is 0.473. The Balaban J connectivity index is 1.97. The first-order valence-corrected chi connectivity index (χ1v) is 9.52. The van der Waals surface area contributed by atoms with Gasteiger partial charge in [0.15, 0.2) is 6.10 Å². The third kappa shape index (κ3) is 5.74. The molecule has 0 radical (unpaired) electrons. The molecule has 0 amide bonds. The normalized spacial score (nSPS) is 23.1. The molecule has 0 spiro atoms. The minimum Gasteiger partial charge on any atom is -0.479 e. The van der Waals surface area contributed by atoms with Crippen molar-refractivity contribution in [3.05, 3.63) is 35.9 Å². The lowest BCUT2D eigenvalue weighted by Gasteiger charge is -2.24. The highest BCUT2D eigenvalue weighted by Crippen LogP contribution is 2.47. The van der Waals surface area contributed by atoms with E-state index in [1.165, 1.54) is 0 Å². The maximum Gasteiger partial charge on any atom is 0.333 e. The molecular weight excluding hydrogens is 319 g/mol. The standard InChI is InChI=1S/C16H23O6P/c1-12(14-8-5-9-21-14)10-15(16(17)18)22-23(19,20)11-13-6-3-2-4-7-13/h2-4,6-7,12,14-15H,5,8-11H2,1H3,(H,17,18)(H,19,20). The minimum atomic E-state index is -4.03. The summed E-state index contributed by atoms with van der Waals surface area (Å²) in [4.78, 5) is 21.4. The van der Waals surface area contributed by atoms with E-state index in [2.05, 4.69) is 0 Å². The van der Waals surface area contributed by atoms with Crippen LogP contribution >= 0.6 is 7.60 Å². The van der Waals surface area contributed by atoms with Gasteiger partial charge in [0.25, 0.3) is 0 Å². The van der Waals surface area contributed by atoms with Crippen LogP contribution in [0.25, 0.3) is 0 Å². The predicted molar refractivity (Wildman–Crippen MR) is 85.2 cm³/mol. The number of rotatable bonds is 8. The van der Waals surface area contributed by atoms with Gasteiger partial charge in [-0.2, -0.15) is 0 Å². The van der Waals surface area contributed by atoms with Gasteiger partial charge in [-0.3, -0.25) is 9.09 Å². The van der Waals surface area contributed by atoms with Crippen molar-refractivity contribution in [1.82, 2.24) is 0 Å². The van der Waals surface area contributed by atoms with Crippen molar-refractivity contribution in [2.45, 2.75) is 44.6 Å². The summed E-state index contributed by atoms with van der Waals surface area (Å²) in [5, 5.41) is 9.30. The Morgan fingerprint density at radius 3 is 2.70 bits per heavy atom. The molecule has 1 aliphatic heterocycles. The van der Waals surface area contributed by atoms with Gasteiger partial charge in [0.1, 0.15) is 0 Å². The molecule has 2 N–H and O–H groups in total. The van der Waals surface area contributed by atoms with E-state index in [1.807, 2.05) is 6.92 Å². The SMILES string of the molecule is CC(CC(OP(=O)(O)Cc1ccccc1)C(=O)O)C1CCCO1. The maximum absolute atomic E-state index is 12.2. The molecule has 6 nitrogen and oxygen atoms in total. The van der Waals surface area contributed by atoms with Crippen LogP contribution in [-0.4, -0.2) is 34.8 Å². The van der Waals surface area contributed by atoms with E-state index < -0.39 is 19.7 Å². The molecule has 128 valence electrons. The number of benzene rings is 1. The van der Waals surface area contributed by atoms with E-state index in [4.69, 9.17) is 9.26 Å². The maximum atomic E-state index is 12.2. The van der Waals surface area contributed by atoms with E-state index in [0.29, 0.717) is 12.2 Å². The van der Waals surface area contributed by atoms with Gasteiger partial charge in [0.2, 0.25) is 0 Å². The van der Waals surface area contributed by atoms with Crippen molar-refractivity contribution in [3.8, 4) is 0 Å². The van der Waals surface area contributed by atoms with Crippen LogP contribution < -0.4 is 0 Å². The molecule has 1 fully saturated rings. The second-order valence-corrected chi connectivity index (χ2v) is 7.78. The summed E-state index contributed by atoms with van der Waals surface area (Å²) in [6, 6.07) is 8.72. The van der Waals surface area contributed by atoms with Gasteiger partial charge >= 0.3 is 13.6 Å². The lowest BCUT2D eigenvalue weighted by atomic mass is 9.96. The molecule has 2 rings (SSSR count). The van der Waals surface area contributed by atoms with E-state index in [9.17, 15) is 19.4 Å². The molecule has 1 aromatic rings. The third-order valence-electron chi connectivity index (χ3n) is 3.98. The molecule has 7 heteroatoms. The zero-order valence-corrected chi connectivity index (χ0v) is 14.0. The summed E-state index contributed by atoms with van der Waals surface area (Å²) in [5.41, 5.74) is 0.634.